The molecule has 3 rings (SSSR count). The van der Waals surface area contributed by atoms with Crippen molar-refractivity contribution in [3.63, 3.8) is 0 Å². The monoisotopic (exact) mass is 309 g/mol. The van der Waals surface area contributed by atoms with Crippen molar-refractivity contribution in [1.29, 1.82) is 0 Å². The molecule has 1 aromatic heterocycles. The Balaban J connectivity index is 0.000000477. The molecule has 0 atom stereocenters. The average molecular weight is 309 g/mol. The molecule has 0 amide bonds. The standard InChI is InChI=1S/C16H13NO.C3H8.C2H6/c1-12-17-15(13-8-4-2-5-9-13)16(18-12)14-10-6-3-7-11-14;1-3-2;1-2/h2-11H,1H3;3H2,1-2H3;1-2H3. The molecular weight excluding hydrogens is 282 g/mol. The number of nitrogens with zero attached hydrogens (tertiary/aromatic N) is 1. The van der Waals surface area contributed by atoms with Crippen LogP contribution in [0.25, 0.3) is 22.6 Å². The second-order valence-electron chi connectivity index (χ2n) is 4.85. The Morgan fingerprint density at radius 1 is 0.783 bits per heavy atom. The highest BCUT2D eigenvalue weighted by Gasteiger charge is 2.14. The van der Waals surface area contributed by atoms with Crippen LogP contribution in [0.1, 0.15) is 40.0 Å². The molecule has 0 bridgehead atoms. The predicted molar refractivity (Wildman–Crippen MR) is 99.4 cm³/mol. The molecule has 0 spiro atoms. The van der Waals surface area contributed by atoms with Gasteiger partial charge in [0.2, 0.25) is 0 Å². The number of aryl methyl sites for hydroxylation is 1. The van der Waals surface area contributed by atoms with Crippen molar-refractivity contribution in [2.75, 3.05) is 0 Å². The van der Waals surface area contributed by atoms with Crippen LogP contribution in [-0.2, 0) is 0 Å². The Hall–Kier alpha value is -2.35. The van der Waals surface area contributed by atoms with Gasteiger partial charge >= 0.3 is 0 Å². The third-order valence-corrected chi connectivity index (χ3v) is 2.82. The van der Waals surface area contributed by atoms with E-state index in [9.17, 15) is 0 Å². The van der Waals surface area contributed by atoms with Crippen LogP contribution in [0.15, 0.2) is 65.1 Å². The molecule has 23 heavy (non-hydrogen) atoms. The molecule has 0 unspecified atom stereocenters. The second kappa shape index (κ2) is 10.4. The summed E-state index contributed by atoms with van der Waals surface area (Å²) in [5.74, 6) is 1.52. The van der Waals surface area contributed by atoms with Gasteiger partial charge in [0.05, 0.1) is 0 Å². The van der Waals surface area contributed by atoms with Crippen LogP contribution in [-0.4, -0.2) is 4.98 Å². The Morgan fingerprint density at radius 2 is 1.22 bits per heavy atom. The van der Waals surface area contributed by atoms with Crippen LogP contribution in [0.3, 0.4) is 0 Å². The molecule has 2 nitrogen and oxygen atoms in total. The largest absolute Gasteiger partial charge is 0.440 e. The quantitative estimate of drug-likeness (QED) is 0.522. The lowest BCUT2D eigenvalue weighted by atomic mass is 10.1. The summed E-state index contributed by atoms with van der Waals surface area (Å²) >= 11 is 0. The van der Waals surface area contributed by atoms with E-state index in [0.717, 1.165) is 22.6 Å². The maximum atomic E-state index is 5.74. The molecular formula is C21H27NO. The van der Waals surface area contributed by atoms with E-state index in [-0.39, 0.29) is 0 Å². The lowest BCUT2D eigenvalue weighted by Crippen LogP contribution is -1.81. The lowest BCUT2D eigenvalue weighted by Gasteiger charge is -2.00. The molecule has 0 aliphatic carbocycles. The van der Waals surface area contributed by atoms with E-state index in [0.29, 0.717) is 5.89 Å². The Morgan fingerprint density at radius 3 is 1.70 bits per heavy atom. The Bertz CT molecular complexity index is 600. The Labute approximate surface area is 140 Å². The van der Waals surface area contributed by atoms with Crippen LogP contribution in [0, 0.1) is 6.92 Å². The maximum Gasteiger partial charge on any atom is 0.192 e. The van der Waals surface area contributed by atoms with E-state index >= 15 is 0 Å². The number of hydrogen-bond acceptors (Lipinski definition) is 2. The third-order valence-electron chi connectivity index (χ3n) is 2.82. The van der Waals surface area contributed by atoms with E-state index in [4.69, 9.17) is 4.42 Å². The van der Waals surface area contributed by atoms with Gasteiger partial charge in [-0.05, 0) is 0 Å². The van der Waals surface area contributed by atoms with Gasteiger partial charge in [-0.15, -0.1) is 0 Å². The minimum absolute atomic E-state index is 0.688. The lowest BCUT2D eigenvalue weighted by molar-refractivity contribution is 0.534. The number of rotatable bonds is 2. The van der Waals surface area contributed by atoms with Crippen molar-refractivity contribution in [2.24, 2.45) is 0 Å². The SMILES string of the molecule is CC.CCC.Cc1nc(-c2ccccc2)c(-c2ccccc2)o1. The molecule has 0 fully saturated rings. The third kappa shape index (κ3) is 5.41. The molecule has 2 aromatic carbocycles. The van der Waals surface area contributed by atoms with Gasteiger partial charge < -0.3 is 4.42 Å². The summed E-state index contributed by atoms with van der Waals surface area (Å²) in [6, 6.07) is 20.2. The van der Waals surface area contributed by atoms with Gasteiger partial charge in [-0.3, -0.25) is 0 Å². The van der Waals surface area contributed by atoms with Crippen molar-refractivity contribution >= 4 is 0 Å². The van der Waals surface area contributed by atoms with Crippen LogP contribution in [0.2, 0.25) is 0 Å². The van der Waals surface area contributed by atoms with E-state index in [1.54, 1.807) is 0 Å². The first-order valence-corrected chi connectivity index (χ1v) is 8.34. The molecule has 0 radical (unpaired) electrons. The highest BCUT2D eigenvalue weighted by atomic mass is 16.4. The van der Waals surface area contributed by atoms with Crippen molar-refractivity contribution in [1.82, 2.24) is 4.98 Å². The molecule has 3 aromatic rings. The number of benzene rings is 2. The van der Waals surface area contributed by atoms with Crippen LogP contribution in [0.5, 0.6) is 0 Å². The zero-order valence-electron chi connectivity index (χ0n) is 14.8. The summed E-state index contributed by atoms with van der Waals surface area (Å²) in [7, 11) is 0. The molecule has 1 heterocycles. The fourth-order valence-corrected chi connectivity index (χ4v) is 2.00. The summed E-state index contributed by atoms with van der Waals surface area (Å²) in [5.41, 5.74) is 3.03. The van der Waals surface area contributed by atoms with E-state index in [1.807, 2.05) is 81.4 Å². The molecule has 122 valence electrons. The van der Waals surface area contributed by atoms with Gasteiger partial charge in [0.25, 0.3) is 0 Å². The van der Waals surface area contributed by atoms with E-state index in [1.165, 1.54) is 6.42 Å². The summed E-state index contributed by atoms with van der Waals surface area (Å²) < 4.78 is 5.74. The van der Waals surface area contributed by atoms with Crippen LogP contribution < -0.4 is 0 Å². The summed E-state index contributed by atoms with van der Waals surface area (Å²) in [4.78, 5) is 4.49. The van der Waals surface area contributed by atoms with Crippen LogP contribution in [0.4, 0.5) is 0 Å². The molecule has 2 heteroatoms. The molecule has 0 aliphatic rings. The fraction of sp³-hybridized carbons (Fsp3) is 0.286. The van der Waals surface area contributed by atoms with E-state index < -0.39 is 0 Å². The number of aromatic nitrogens is 1. The topological polar surface area (TPSA) is 26.0 Å². The van der Waals surface area contributed by atoms with E-state index in [2.05, 4.69) is 18.8 Å². The number of oxazole rings is 1. The maximum absolute atomic E-state index is 5.74. The minimum Gasteiger partial charge on any atom is -0.440 e. The predicted octanol–water partition coefficient (Wildman–Crippen LogP) is 6.76. The molecule has 0 aliphatic heterocycles. The smallest absolute Gasteiger partial charge is 0.192 e. The molecule has 0 saturated heterocycles. The molecule has 0 N–H and O–H groups in total. The second-order valence-corrected chi connectivity index (χ2v) is 4.85. The average Bonchev–Trinajstić information content (AvgIpc) is 3.01. The fourth-order valence-electron chi connectivity index (χ4n) is 2.00. The highest BCUT2D eigenvalue weighted by Crippen LogP contribution is 2.32. The van der Waals surface area contributed by atoms with Gasteiger partial charge in [-0.1, -0.05) is 94.8 Å². The van der Waals surface area contributed by atoms with Gasteiger partial charge in [0.15, 0.2) is 11.7 Å². The van der Waals surface area contributed by atoms with Crippen LogP contribution >= 0.6 is 0 Å². The minimum atomic E-state index is 0.688. The van der Waals surface area contributed by atoms with Gasteiger partial charge in [-0.2, -0.15) is 0 Å². The summed E-state index contributed by atoms with van der Waals surface area (Å²) in [6.07, 6.45) is 1.25. The first-order valence-electron chi connectivity index (χ1n) is 8.34. The Kier molecular flexibility index (Phi) is 8.45. The molecule has 0 saturated carbocycles. The first kappa shape index (κ1) is 18.7. The number of hydrogen-bond donors (Lipinski definition) is 0. The van der Waals surface area contributed by atoms with Crippen molar-refractivity contribution < 1.29 is 4.42 Å². The normalized spacial score (nSPS) is 9.26. The van der Waals surface area contributed by atoms with Gasteiger partial charge in [-0.25, -0.2) is 4.98 Å². The summed E-state index contributed by atoms with van der Waals surface area (Å²) in [6.45, 7) is 10.1. The first-order chi connectivity index (χ1) is 11.3. The zero-order chi connectivity index (χ0) is 17.1. The van der Waals surface area contributed by atoms with Gasteiger partial charge in [0.1, 0.15) is 5.69 Å². The van der Waals surface area contributed by atoms with Gasteiger partial charge in [0, 0.05) is 18.1 Å². The zero-order valence-corrected chi connectivity index (χ0v) is 14.8. The van der Waals surface area contributed by atoms with Crippen molar-refractivity contribution in [3.8, 4) is 22.6 Å². The van der Waals surface area contributed by atoms with Crippen molar-refractivity contribution in [2.45, 2.75) is 41.0 Å². The highest BCUT2D eigenvalue weighted by molar-refractivity contribution is 5.76. The summed E-state index contributed by atoms with van der Waals surface area (Å²) in [5, 5.41) is 0. The van der Waals surface area contributed by atoms with Crippen molar-refractivity contribution in [3.05, 3.63) is 66.6 Å².